The molecule has 0 unspecified atom stereocenters. The van der Waals surface area contributed by atoms with Gasteiger partial charge in [0, 0.05) is 10.4 Å². The zero-order valence-electron chi connectivity index (χ0n) is 19.9. The molecule has 184 valence electrons. The fraction of sp³-hybridized carbons (Fsp3) is 0.185. The Morgan fingerprint density at radius 3 is 2.33 bits per heavy atom. The van der Waals surface area contributed by atoms with Crippen molar-refractivity contribution in [3.63, 3.8) is 0 Å². The Morgan fingerprint density at radius 1 is 1.11 bits per heavy atom. The van der Waals surface area contributed by atoms with Crippen LogP contribution in [0.25, 0.3) is 5.70 Å². The first-order valence-corrected chi connectivity index (χ1v) is 13.2. The predicted molar refractivity (Wildman–Crippen MR) is 142 cm³/mol. The van der Waals surface area contributed by atoms with Crippen molar-refractivity contribution >= 4 is 33.3 Å². The summed E-state index contributed by atoms with van der Waals surface area (Å²) in [6.45, 7) is 4.62. The number of nitrogens with zero attached hydrogens (tertiary/aromatic N) is 3. The molecule has 3 aromatic carbocycles. The number of benzene rings is 3. The largest absolute Gasteiger partial charge is 0.367 e. The molecule has 1 atom stereocenters. The minimum absolute atomic E-state index is 0.0440. The van der Waals surface area contributed by atoms with Crippen LogP contribution in [-0.4, -0.2) is 25.9 Å². The molecular formula is C27H26ClN5O2S. The molecule has 7 nitrogen and oxygen atoms in total. The van der Waals surface area contributed by atoms with Gasteiger partial charge in [0.25, 0.3) is 10.0 Å². The third kappa shape index (κ3) is 4.94. The van der Waals surface area contributed by atoms with E-state index in [9.17, 15) is 8.42 Å². The van der Waals surface area contributed by atoms with Crippen LogP contribution in [0.15, 0.2) is 93.7 Å². The van der Waals surface area contributed by atoms with E-state index < -0.39 is 10.0 Å². The molecule has 0 radical (unpaired) electrons. The molecule has 0 bridgehead atoms. The van der Waals surface area contributed by atoms with Crippen molar-refractivity contribution in [1.82, 2.24) is 10.4 Å². The molecule has 4 rings (SSSR count). The molecule has 1 aliphatic rings. The van der Waals surface area contributed by atoms with Crippen molar-refractivity contribution in [2.75, 3.05) is 6.54 Å². The van der Waals surface area contributed by atoms with Crippen molar-refractivity contribution in [1.29, 1.82) is 5.26 Å². The van der Waals surface area contributed by atoms with Gasteiger partial charge in [0.15, 0.2) is 0 Å². The third-order valence-electron chi connectivity index (χ3n) is 6.55. The molecule has 3 N–H and O–H groups in total. The molecule has 0 saturated heterocycles. The molecule has 0 amide bonds. The van der Waals surface area contributed by atoms with Crippen LogP contribution in [-0.2, 0) is 15.4 Å². The van der Waals surface area contributed by atoms with Crippen molar-refractivity contribution in [3.8, 4) is 6.07 Å². The van der Waals surface area contributed by atoms with Gasteiger partial charge in [0.05, 0.1) is 28.8 Å². The Kier molecular flexibility index (Phi) is 7.07. The van der Waals surface area contributed by atoms with E-state index >= 15 is 0 Å². The van der Waals surface area contributed by atoms with Crippen LogP contribution < -0.4 is 11.2 Å². The van der Waals surface area contributed by atoms with Gasteiger partial charge >= 0.3 is 0 Å². The third-order valence-corrected chi connectivity index (χ3v) is 8.10. The summed E-state index contributed by atoms with van der Waals surface area (Å²) in [5, 5.41) is 11.1. The highest BCUT2D eigenvalue weighted by Gasteiger charge is 2.38. The molecule has 0 saturated carbocycles. The second-order valence-electron chi connectivity index (χ2n) is 8.67. The molecule has 1 aliphatic heterocycles. The van der Waals surface area contributed by atoms with E-state index in [0.717, 1.165) is 28.8 Å². The number of rotatable bonds is 6. The average molecular weight is 520 g/mol. The van der Waals surface area contributed by atoms with Crippen LogP contribution in [0.1, 0.15) is 37.0 Å². The maximum Gasteiger partial charge on any atom is 0.285 e. The van der Waals surface area contributed by atoms with E-state index in [1.165, 1.54) is 29.3 Å². The highest BCUT2D eigenvalue weighted by molar-refractivity contribution is 7.90. The maximum atomic E-state index is 12.9. The zero-order chi connectivity index (χ0) is 25.9. The summed E-state index contributed by atoms with van der Waals surface area (Å²) >= 11 is 6.13. The molecule has 3 aromatic rings. The van der Waals surface area contributed by atoms with E-state index in [2.05, 4.69) is 35.8 Å². The van der Waals surface area contributed by atoms with Crippen LogP contribution in [0.5, 0.6) is 0 Å². The van der Waals surface area contributed by atoms with Gasteiger partial charge in [0.1, 0.15) is 0 Å². The first-order chi connectivity index (χ1) is 17.2. The van der Waals surface area contributed by atoms with E-state index in [0.29, 0.717) is 17.1 Å². The van der Waals surface area contributed by atoms with E-state index in [-0.39, 0.29) is 16.3 Å². The molecule has 9 heteroatoms. The average Bonchev–Trinajstić information content (AvgIpc) is 3.35. The number of hydrazine groups is 1. The quantitative estimate of drug-likeness (QED) is 0.357. The molecule has 1 heterocycles. The zero-order valence-corrected chi connectivity index (χ0v) is 21.5. The number of halogens is 1. The molecule has 0 spiro atoms. The number of sulfonamides is 1. The summed E-state index contributed by atoms with van der Waals surface area (Å²) in [6.07, 6.45) is 0.805. The lowest BCUT2D eigenvalue weighted by atomic mass is 9.72. The second kappa shape index (κ2) is 10.1. The topological polar surface area (TPSA) is 112 Å². The second-order valence-corrected chi connectivity index (χ2v) is 10.7. The lowest BCUT2D eigenvalue weighted by molar-refractivity contribution is 0.402. The van der Waals surface area contributed by atoms with Crippen molar-refractivity contribution in [2.24, 2.45) is 10.1 Å². The minimum atomic E-state index is -4.08. The molecule has 0 fully saturated rings. The van der Waals surface area contributed by atoms with Gasteiger partial charge in [-0.1, -0.05) is 67.9 Å². The van der Waals surface area contributed by atoms with Crippen LogP contribution in [0.4, 0.5) is 0 Å². The number of nitrogens with one attached hydrogen (secondary N) is 1. The number of nitrogens with two attached hydrogens (primary N) is 1. The number of hydrogen-bond acceptors (Lipinski definition) is 4. The summed E-state index contributed by atoms with van der Waals surface area (Å²) in [5.74, 6) is -0.188. The van der Waals surface area contributed by atoms with E-state index in [1.807, 2.05) is 48.5 Å². The monoisotopic (exact) mass is 519 g/mol. The van der Waals surface area contributed by atoms with Crippen LogP contribution in [0.3, 0.4) is 0 Å². The number of guanidine groups is 1. The lowest BCUT2D eigenvalue weighted by Gasteiger charge is -2.31. The van der Waals surface area contributed by atoms with Gasteiger partial charge in [-0.3, -0.25) is 10.4 Å². The highest BCUT2D eigenvalue weighted by Crippen LogP contribution is 2.41. The number of nitriles is 1. The van der Waals surface area contributed by atoms with Crippen LogP contribution >= 0.6 is 11.6 Å². The first-order valence-electron chi connectivity index (χ1n) is 11.4. The predicted octanol–water partition coefficient (Wildman–Crippen LogP) is 4.81. The smallest absolute Gasteiger partial charge is 0.285 e. The Bertz CT molecular complexity index is 1460. The van der Waals surface area contributed by atoms with Gasteiger partial charge in [-0.25, -0.2) is 0 Å². The van der Waals surface area contributed by atoms with E-state index in [4.69, 9.17) is 22.6 Å². The first kappa shape index (κ1) is 25.3. The Balaban J connectivity index is 1.74. The van der Waals surface area contributed by atoms with Gasteiger partial charge in [-0.05, 0) is 59.5 Å². The standard InChI is InChI=1S/C27H26ClN5O2S/c1-3-27(2,21-7-5-4-6-8-21)24-18-33(31-25(24)20-11-13-22(28)14-12-20)26(30)32-36(34,35)23-15-9-19(17-29)10-16-23/h4-16,31H,3,18H2,1-2H3,(H2,30,32)/t27-/m0/s1. The van der Waals surface area contributed by atoms with Crippen molar-refractivity contribution < 1.29 is 8.42 Å². The van der Waals surface area contributed by atoms with Crippen LogP contribution in [0.2, 0.25) is 5.02 Å². The van der Waals surface area contributed by atoms with Crippen molar-refractivity contribution in [2.45, 2.75) is 30.6 Å². The van der Waals surface area contributed by atoms with Gasteiger partial charge in [0.2, 0.25) is 5.96 Å². The van der Waals surface area contributed by atoms with Gasteiger partial charge in [-0.2, -0.15) is 13.7 Å². The molecule has 36 heavy (non-hydrogen) atoms. The highest BCUT2D eigenvalue weighted by atomic mass is 35.5. The Hall–Kier alpha value is -3.80. The van der Waals surface area contributed by atoms with Gasteiger partial charge in [-0.15, -0.1) is 4.40 Å². The van der Waals surface area contributed by atoms with Gasteiger partial charge < -0.3 is 5.73 Å². The summed E-state index contributed by atoms with van der Waals surface area (Å²) in [6, 6.07) is 25.1. The molecule has 0 aromatic heterocycles. The fourth-order valence-electron chi connectivity index (χ4n) is 4.25. The summed E-state index contributed by atoms with van der Waals surface area (Å²) in [4.78, 5) is -0.0440. The number of hydrogen-bond donors (Lipinski definition) is 2. The van der Waals surface area contributed by atoms with Crippen molar-refractivity contribution in [3.05, 3.63) is 106 Å². The summed E-state index contributed by atoms with van der Waals surface area (Å²) in [5.41, 5.74) is 13.4. The Morgan fingerprint density at radius 2 is 1.75 bits per heavy atom. The van der Waals surface area contributed by atoms with E-state index in [1.54, 1.807) is 0 Å². The Labute approximate surface area is 216 Å². The SMILES string of the molecule is CC[C@](C)(C1=C(c2ccc(Cl)cc2)NN(/C(N)=N/S(=O)(=O)c2ccc(C#N)cc2)C1)c1ccccc1. The lowest BCUT2D eigenvalue weighted by Crippen LogP contribution is -2.44. The van der Waals surface area contributed by atoms with Crippen LogP contribution in [0, 0.1) is 11.3 Å². The summed E-state index contributed by atoms with van der Waals surface area (Å²) in [7, 11) is -4.08. The maximum absolute atomic E-state index is 12.9. The molecule has 0 aliphatic carbocycles. The summed E-state index contributed by atoms with van der Waals surface area (Å²) < 4.78 is 29.7. The molecular weight excluding hydrogens is 494 g/mol. The minimum Gasteiger partial charge on any atom is -0.367 e. The normalized spacial score (nSPS) is 15.8. The fourth-order valence-corrected chi connectivity index (χ4v) is 5.30.